The van der Waals surface area contributed by atoms with Crippen molar-refractivity contribution in [1.29, 1.82) is 0 Å². The predicted molar refractivity (Wildman–Crippen MR) is 68.8 cm³/mol. The van der Waals surface area contributed by atoms with Crippen molar-refractivity contribution in [3.63, 3.8) is 0 Å². The number of H-pyrrole nitrogens is 1. The van der Waals surface area contributed by atoms with Crippen molar-refractivity contribution < 1.29 is 5.11 Å². The van der Waals surface area contributed by atoms with Crippen molar-refractivity contribution in [2.24, 2.45) is 0 Å². The average molecular weight is 223 g/mol. The van der Waals surface area contributed by atoms with Gasteiger partial charge in [0.15, 0.2) is 0 Å². The van der Waals surface area contributed by atoms with E-state index in [4.69, 9.17) is 0 Å². The highest BCUT2D eigenvalue weighted by atomic mass is 16.3. The third kappa shape index (κ3) is 1.83. The van der Waals surface area contributed by atoms with Crippen LogP contribution in [0.3, 0.4) is 0 Å². The maximum atomic E-state index is 10.3. The normalized spacial score (nSPS) is 12.8. The highest BCUT2D eigenvalue weighted by Crippen LogP contribution is 2.24. The van der Waals surface area contributed by atoms with Crippen LogP contribution < -0.4 is 0 Å². The molecule has 3 rings (SSSR count). The maximum absolute atomic E-state index is 10.3. The second kappa shape index (κ2) is 4.07. The van der Waals surface area contributed by atoms with Crippen molar-refractivity contribution in [2.45, 2.75) is 6.10 Å². The summed E-state index contributed by atoms with van der Waals surface area (Å²) in [4.78, 5) is 3.16. The molecule has 0 saturated carbocycles. The van der Waals surface area contributed by atoms with Gasteiger partial charge in [-0.25, -0.2) is 0 Å². The minimum Gasteiger partial charge on any atom is -0.384 e. The van der Waals surface area contributed by atoms with Gasteiger partial charge in [0.1, 0.15) is 6.10 Å². The fourth-order valence-corrected chi connectivity index (χ4v) is 2.06. The first-order chi connectivity index (χ1) is 8.34. The van der Waals surface area contributed by atoms with Gasteiger partial charge in [0.25, 0.3) is 0 Å². The molecule has 0 aliphatic heterocycles. The van der Waals surface area contributed by atoms with Gasteiger partial charge in [-0.3, -0.25) is 0 Å². The first-order valence-electron chi connectivity index (χ1n) is 5.64. The number of hydrogen-bond acceptors (Lipinski definition) is 1. The van der Waals surface area contributed by atoms with Gasteiger partial charge in [0, 0.05) is 11.7 Å². The highest BCUT2D eigenvalue weighted by Gasteiger charge is 2.10. The van der Waals surface area contributed by atoms with Crippen LogP contribution in [0.5, 0.6) is 0 Å². The number of aromatic nitrogens is 1. The van der Waals surface area contributed by atoms with E-state index in [9.17, 15) is 5.11 Å². The van der Waals surface area contributed by atoms with Gasteiger partial charge < -0.3 is 10.1 Å². The van der Waals surface area contributed by atoms with Crippen LogP contribution in [0, 0.1) is 0 Å². The Morgan fingerprint density at radius 1 is 0.882 bits per heavy atom. The summed E-state index contributed by atoms with van der Waals surface area (Å²) in [6, 6.07) is 17.7. The van der Waals surface area contributed by atoms with Crippen LogP contribution in [0.4, 0.5) is 0 Å². The quantitative estimate of drug-likeness (QED) is 0.687. The molecule has 0 amide bonds. The van der Waals surface area contributed by atoms with Crippen LogP contribution in [0.25, 0.3) is 10.9 Å². The predicted octanol–water partition coefficient (Wildman–Crippen LogP) is 3.25. The van der Waals surface area contributed by atoms with E-state index in [0.29, 0.717) is 0 Å². The zero-order valence-electron chi connectivity index (χ0n) is 9.30. The molecule has 2 aromatic carbocycles. The van der Waals surface area contributed by atoms with E-state index in [1.807, 2.05) is 60.8 Å². The second-order valence-electron chi connectivity index (χ2n) is 4.14. The van der Waals surface area contributed by atoms with Crippen LogP contribution in [0.2, 0.25) is 0 Å². The third-order valence-corrected chi connectivity index (χ3v) is 3.01. The Kier molecular flexibility index (Phi) is 2.42. The molecule has 0 radical (unpaired) electrons. The largest absolute Gasteiger partial charge is 0.384 e. The summed E-state index contributed by atoms with van der Waals surface area (Å²) in [7, 11) is 0. The molecular formula is C15H13NO. The lowest BCUT2D eigenvalue weighted by Gasteiger charge is -2.11. The molecule has 0 spiro atoms. The summed E-state index contributed by atoms with van der Waals surface area (Å²) in [6.45, 7) is 0. The fraction of sp³-hybridized carbons (Fsp3) is 0.0667. The number of aromatic amines is 1. The Hall–Kier alpha value is -2.06. The van der Waals surface area contributed by atoms with Crippen molar-refractivity contribution >= 4 is 10.9 Å². The number of benzene rings is 2. The molecule has 2 nitrogen and oxygen atoms in total. The molecule has 17 heavy (non-hydrogen) atoms. The van der Waals surface area contributed by atoms with Gasteiger partial charge >= 0.3 is 0 Å². The smallest absolute Gasteiger partial charge is 0.104 e. The van der Waals surface area contributed by atoms with Crippen molar-refractivity contribution in [1.82, 2.24) is 4.98 Å². The molecule has 2 N–H and O–H groups in total. The lowest BCUT2D eigenvalue weighted by Crippen LogP contribution is -1.98. The van der Waals surface area contributed by atoms with Crippen molar-refractivity contribution in [3.8, 4) is 0 Å². The van der Waals surface area contributed by atoms with Crippen LogP contribution in [0.15, 0.2) is 60.8 Å². The zero-order chi connectivity index (χ0) is 11.7. The molecule has 2 heteroatoms. The van der Waals surface area contributed by atoms with Gasteiger partial charge in [0.2, 0.25) is 0 Å². The molecule has 0 saturated heterocycles. The standard InChI is InChI=1S/C15H13NO/c17-15(12-4-2-1-3-5-12)13-7-6-11-8-9-16-14(11)10-13/h1-10,15-17H. The topological polar surface area (TPSA) is 36.0 Å². The van der Waals surface area contributed by atoms with E-state index in [-0.39, 0.29) is 0 Å². The molecule has 0 bridgehead atoms. The van der Waals surface area contributed by atoms with E-state index in [0.717, 1.165) is 22.0 Å². The first kappa shape index (κ1) is 10.1. The van der Waals surface area contributed by atoms with Gasteiger partial charge in [-0.1, -0.05) is 42.5 Å². The number of hydrogen-bond donors (Lipinski definition) is 2. The van der Waals surface area contributed by atoms with Gasteiger partial charge in [-0.15, -0.1) is 0 Å². The van der Waals surface area contributed by atoms with E-state index < -0.39 is 6.10 Å². The zero-order valence-corrected chi connectivity index (χ0v) is 9.30. The SMILES string of the molecule is OC(c1ccccc1)c1ccc2cc[nH]c2c1. The van der Waals surface area contributed by atoms with Crippen LogP contribution in [-0.4, -0.2) is 10.1 Å². The summed E-state index contributed by atoms with van der Waals surface area (Å²) in [5, 5.41) is 11.4. The lowest BCUT2D eigenvalue weighted by atomic mass is 10.0. The lowest BCUT2D eigenvalue weighted by molar-refractivity contribution is 0.220. The third-order valence-electron chi connectivity index (χ3n) is 3.01. The molecule has 0 fully saturated rings. The monoisotopic (exact) mass is 223 g/mol. The van der Waals surface area contributed by atoms with Gasteiger partial charge in [-0.2, -0.15) is 0 Å². The Morgan fingerprint density at radius 2 is 1.71 bits per heavy atom. The molecule has 1 unspecified atom stereocenters. The minimum absolute atomic E-state index is 0.566. The minimum atomic E-state index is -0.566. The summed E-state index contributed by atoms with van der Waals surface area (Å²) >= 11 is 0. The number of nitrogens with one attached hydrogen (secondary N) is 1. The van der Waals surface area contributed by atoms with Crippen LogP contribution in [0.1, 0.15) is 17.2 Å². The van der Waals surface area contributed by atoms with Crippen molar-refractivity contribution in [2.75, 3.05) is 0 Å². The molecule has 1 aromatic heterocycles. The Balaban J connectivity index is 2.03. The summed E-state index contributed by atoms with van der Waals surface area (Å²) in [6.07, 6.45) is 1.34. The summed E-state index contributed by atoms with van der Waals surface area (Å²) in [5.41, 5.74) is 2.88. The van der Waals surface area contributed by atoms with Crippen molar-refractivity contribution in [3.05, 3.63) is 71.9 Å². The van der Waals surface area contributed by atoms with Crippen LogP contribution >= 0.6 is 0 Å². The molecule has 0 aliphatic rings. The number of aliphatic hydroxyl groups excluding tert-OH is 1. The van der Waals surface area contributed by atoms with Crippen LogP contribution in [-0.2, 0) is 0 Å². The molecular weight excluding hydrogens is 210 g/mol. The molecule has 1 heterocycles. The summed E-state index contributed by atoms with van der Waals surface area (Å²) in [5.74, 6) is 0. The fourth-order valence-electron chi connectivity index (χ4n) is 2.06. The first-order valence-corrected chi connectivity index (χ1v) is 5.64. The number of rotatable bonds is 2. The van der Waals surface area contributed by atoms with E-state index in [1.54, 1.807) is 0 Å². The highest BCUT2D eigenvalue weighted by molar-refractivity contribution is 5.80. The average Bonchev–Trinajstić information content (AvgIpc) is 2.86. The Labute approximate surface area is 99.5 Å². The van der Waals surface area contributed by atoms with E-state index >= 15 is 0 Å². The number of fused-ring (bicyclic) bond motifs is 1. The molecule has 0 aliphatic carbocycles. The van der Waals surface area contributed by atoms with E-state index in [1.165, 1.54) is 0 Å². The second-order valence-corrected chi connectivity index (χ2v) is 4.14. The Bertz CT molecular complexity index is 627. The van der Waals surface area contributed by atoms with E-state index in [2.05, 4.69) is 4.98 Å². The molecule has 1 atom stereocenters. The Morgan fingerprint density at radius 3 is 2.53 bits per heavy atom. The molecule has 84 valence electrons. The molecule has 3 aromatic rings. The van der Waals surface area contributed by atoms with Gasteiger partial charge in [0.05, 0.1) is 0 Å². The maximum Gasteiger partial charge on any atom is 0.104 e. The number of aliphatic hydroxyl groups is 1. The van der Waals surface area contributed by atoms with Gasteiger partial charge in [-0.05, 0) is 28.6 Å². The summed E-state index contributed by atoms with van der Waals surface area (Å²) < 4.78 is 0.